The molecular weight excluding hydrogens is 264 g/mol. The molecular formula is C13H16N2O3S. The van der Waals surface area contributed by atoms with E-state index in [2.05, 4.69) is 4.72 Å². The average molecular weight is 280 g/mol. The van der Waals surface area contributed by atoms with Gasteiger partial charge in [0.25, 0.3) is 0 Å². The first kappa shape index (κ1) is 13.6. The molecule has 0 aliphatic heterocycles. The van der Waals surface area contributed by atoms with E-state index < -0.39 is 10.0 Å². The van der Waals surface area contributed by atoms with E-state index in [1.54, 1.807) is 36.6 Å². The van der Waals surface area contributed by atoms with Crippen LogP contribution >= 0.6 is 0 Å². The van der Waals surface area contributed by atoms with Crippen molar-refractivity contribution in [2.75, 3.05) is 12.3 Å². The molecule has 5 nitrogen and oxygen atoms in total. The Labute approximate surface area is 112 Å². The zero-order chi connectivity index (χ0) is 13.7. The summed E-state index contributed by atoms with van der Waals surface area (Å²) in [5.74, 6) is 0.683. The fourth-order valence-corrected chi connectivity index (χ4v) is 2.87. The van der Waals surface area contributed by atoms with Crippen molar-refractivity contribution in [2.45, 2.75) is 12.2 Å². The molecule has 1 aromatic carbocycles. The Bertz CT molecular complexity index is 621. The van der Waals surface area contributed by atoms with Gasteiger partial charge >= 0.3 is 0 Å². The molecule has 19 heavy (non-hydrogen) atoms. The van der Waals surface area contributed by atoms with Crippen molar-refractivity contribution < 1.29 is 12.8 Å². The van der Waals surface area contributed by atoms with Gasteiger partial charge in [-0.1, -0.05) is 12.1 Å². The van der Waals surface area contributed by atoms with Crippen molar-refractivity contribution in [2.24, 2.45) is 0 Å². The molecule has 0 amide bonds. The largest absolute Gasteiger partial charge is 0.469 e. The second-order valence-electron chi connectivity index (χ2n) is 4.23. The number of anilines is 1. The minimum absolute atomic E-state index is 0.0732. The van der Waals surface area contributed by atoms with Gasteiger partial charge in [0, 0.05) is 18.7 Å². The first-order chi connectivity index (χ1) is 9.05. The number of rotatable bonds is 6. The highest BCUT2D eigenvalue weighted by Gasteiger charge is 2.11. The highest BCUT2D eigenvalue weighted by atomic mass is 32.2. The Kier molecular flexibility index (Phi) is 4.24. The van der Waals surface area contributed by atoms with Crippen LogP contribution in [0.4, 0.5) is 5.69 Å². The normalized spacial score (nSPS) is 11.6. The average Bonchev–Trinajstić information content (AvgIpc) is 2.81. The van der Waals surface area contributed by atoms with Crippen LogP contribution in [0.15, 0.2) is 47.1 Å². The number of furan rings is 1. The van der Waals surface area contributed by atoms with E-state index in [1.807, 2.05) is 6.07 Å². The Morgan fingerprint density at radius 1 is 1.21 bits per heavy atom. The van der Waals surface area contributed by atoms with Crippen LogP contribution in [0.2, 0.25) is 0 Å². The molecule has 102 valence electrons. The number of hydrogen-bond acceptors (Lipinski definition) is 4. The van der Waals surface area contributed by atoms with Crippen LogP contribution in [-0.4, -0.2) is 15.0 Å². The SMILES string of the molecule is Nc1cccc(CS(=O)(=O)NCCc2ccco2)c1. The molecule has 0 aliphatic rings. The first-order valence-corrected chi connectivity index (χ1v) is 7.54. The molecule has 3 N–H and O–H groups in total. The molecule has 0 radical (unpaired) electrons. The minimum atomic E-state index is -3.35. The summed E-state index contributed by atoms with van der Waals surface area (Å²) in [6.45, 7) is 0.318. The van der Waals surface area contributed by atoms with Crippen LogP contribution < -0.4 is 10.5 Å². The van der Waals surface area contributed by atoms with Gasteiger partial charge in [0.2, 0.25) is 10.0 Å². The summed E-state index contributed by atoms with van der Waals surface area (Å²) in [5, 5.41) is 0. The van der Waals surface area contributed by atoms with E-state index in [1.165, 1.54) is 0 Å². The van der Waals surface area contributed by atoms with E-state index >= 15 is 0 Å². The van der Waals surface area contributed by atoms with Crippen LogP contribution in [0, 0.1) is 0 Å². The number of hydrogen-bond donors (Lipinski definition) is 2. The quantitative estimate of drug-likeness (QED) is 0.786. The van der Waals surface area contributed by atoms with Gasteiger partial charge in [-0.15, -0.1) is 0 Å². The van der Waals surface area contributed by atoms with Crippen LogP contribution in [-0.2, 0) is 22.2 Å². The van der Waals surface area contributed by atoms with Gasteiger partial charge in [-0.2, -0.15) is 0 Å². The Morgan fingerprint density at radius 2 is 2.05 bits per heavy atom. The van der Waals surface area contributed by atoms with Gasteiger partial charge in [-0.05, 0) is 29.8 Å². The second kappa shape index (κ2) is 5.90. The van der Waals surface area contributed by atoms with Crippen molar-refractivity contribution in [3.05, 3.63) is 54.0 Å². The molecule has 0 aliphatic carbocycles. The third-order valence-corrected chi connectivity index (χ3v) is 3.94. The summed E-state index contributed by atoms with van der Waals surface area (Å²) < 4.78 is 31.4. The Morgan fingerprint density at radius 3 is 2.74 bits per heavy atom. The summed E-state index contributed by atoms with van der Waals surface area (Å²) >= 11 is 0. The molecule has 0 atom stereocenters. The van der Waals surface area contributed by atoms with Crippen LogP contribution in [0.5, 0.6) is 0 Å². The topological polar surface area (TPSA) is 85.3 Å². The third-order valence-electron chi connectivity index (χ3n) is 2.58. The van der Waals surface area contributed by atoms with Gasteiger partial charge in [-0.25, -0.2) is 13.1 Å². The lowest BCUT2D eigenvalue weighted by Gasteiger charge is -2.06. The lowest BCUT2D eigenvalue weighted by Crippen LogP contribution is -2.27. The number of nitrogens with two attached hydrogens (primary N) is 1. The monoisotopic (exact) mass is 280 g/mol. The zero-order valence-electron chi connectivity index (χ0n) is 10.4. The zero-order valence-corrected chi connectivity index (χ0v) is 11.2. The molecule has 0 saturated carbocycles. The van der Waals surface area contributed by atoms with Crippen molar-refractivity contribution in [3.63, 3.8) is 0 Å². The van der Waals surface area contributed by atoms with Crippen LogP contribution in [0.1, 0.15) is 11.3 Å². The van der Waals surface area contributed by atoms with Crippen LogP contribution in [0.25, 0.3) is 0 Å². The smallest absolute Gasteiger partial charge is 0.215 e. The molecule has 2 aromatic rings. The standard InChI is InChI=1S/C13H16N2O3S/c14-12-4-1-3-11(9-12)10-19(16,17)15-7-6-13-5-2-8-18-13/h1-5,8-9,15H,6-7,10,14H2. The molecule has 0 fully saturated rings. The van der Waals surface area contributed by atoms with E-state index in [9.17, 15) is 8.42 Å². The third kappa shape index (κ3) is 4.42. The van der Waals surface area contributed by atoms with E-state index in [-0.39, 0.29) is 5.75 Å². The molecule has 6 heteroatoms. The van der Waals surface area contributed by atoms with Gasteiger partial charge < -0.3 is 10.2 Å². The predicted octanol–water partition coefficient (Wildman–Crippen LogP) is 1.52. The molecule has 1 aromatic heterocycles. The fraction of sp³-hybridized carbons (Fsp3) is 0.231. The van der Waals surface area contributed by atoms with Crippen molar-refractivity contribution >= 4 is 15.7 Å². The molecule has 1 heterocycles. The molecule has 0 spiro atoms. The van der Waals surface area contributed by atoms with Crippen molar-refractivity contribution in [1.29, 1.82) is 0 Å². The highest BCUT2D eigenvalue weighted by molar-refractivity contribution is 7.88. The summed E-state index contributed by atoms with van der Waals surface area (Å²) in [6.07, 6.45) is 2.10. The maximum Gasteiger partial charge on any atom is 0.215 e. The first-order valence-electron chi connectivity index (χ1n) is 5.89. The summed E-state index contributed by atoms with van der Waals surface area (Å²) in [6, 6.07) is 10.4. The van der Waals surface area contributed by atoms with E-state index in [0.717, 1.165) is 5.76 Å². The number of nitrogen functional groups attached to an aromatic ring is 1. The number of nitrogens with one attached hydrogen (secondary N) is 1. The van der Waals surface area contributed by atoms with Gasteiger partial charge in [0.15, 0.2) is 0 Å². The molecule has 2 rings (SSSR count). The van der Waals surface area contributed by atoms with Crippen molar-refractivity contribution in [1.82, 2.24) is 4.72 Å². The minimum Gasteiger partial charge on any atom is -0.469 e. The fourth-order valence-electron chi connectivity index (χ4n) is 1.74. The summed E-state index contributed by atoms with van der Waals surface area (Å²) in [5.41, 5.74) is 6.84. The van der Waals surface area contributed by atoms with Gasteiger partial charge in [0.05, 0.1) is 12.0 Å². The summed E-state index contributed by atoms with van der Waals surface area (Å²) in [4.78, 5) is 0. The van der Waals surface area contributed by atoms with Crippen molar-refractivity contribution in [3.8, 4) is 0 Å². The molecule has 0 saturated heterocycles. The lowest BCUT2D eigenvalue weighted by molar-refractivity contribution is 0.506. The Balaban J connectivity index is 1.88. The van der Waals surface area contributed by atoms with Gasteiger partial charge in [-0.3, -0.25) is 0 Å². The Hall–Kier alpha value is -1.79. The maximum atomic E-state index is 11.9. The predicted molar refractivity (Wildman–Crippen MR) is 73.9 cm³/mol. The highest BCUT2D eigenvalue weighted by Crippen LogP contribution is 2.09. The second-order valence-corrected chi connectivity index (χ2v) is 6.03. The summed E-state index contributed by atoms with van der Waals surface area (Å²) in [7, 11) is -3.35. The molecule has 0 bridgehead atoms. The number of benzene rings is 1. The lowest BCUT2D eigenvalue weighted by atomic mass is 10.2. The molecule has 0 unspecified atom stereocenters. The van der Waals surface area contributed by atoms with E-state index in [4.69, 9.17) is 10.2 Å². The van der Waals surface area contributed by atoms with Gasteiger partial charge in [0.1, 0.15) is 5.76 Å². The number of sulfonamides is 1. The maximum absolute atomic E-state index is 11.9. The van der Waals surface area contributed by atoms with E-state index in [0.29, 0.717) is 24.2 Å². The van der Waals surface area contributed by atoms with Crippen LogP contribution in [0.3, 0.4) is 0 Å².